The first kappa shape index (κ1) is 25.8. The zero-order valence-corrected chi connectivity index (χ0v) is 21.1. The van der Waals surface area contributed by atoms with Crippen molar-refractivity contribution in [3.05, 3.63) is 82.7 Å². The monoisotopic (exact) mass is 526 g/mol. The number of para-hydroxylation sites is 1. The van der Waals surface area contributed by atoms with Crippen LogP contribution in [0.4, 0.5) is 13.2 Å². The van der Waals surface area contributed by atoms with Crippen LogP contribution in [0.25, 0.3) is 0 Å². The number of rotatable bonds is 3. The highest BCUT2D eigenvalue weighted by atomic mass is 19.4. The predicted octanol–water partition coefficient (Wildman–Crippen LogP) is 4.86. The molecule has 1 aliphatic heterocycles. The van der Waals surface area contributed by atoms with E-state index >= 15 is 0 Å². The minimum Gasteiger partial charge on any atom is -0.493 e. The molecule has 10 heteroatoms. The number of aromatic nitrogens is 2. The molecule has 0 unspecified atom stereocenters. The van der Waals surface area contributed by atoms with E-state index in [1.807, 2.05) is 24.3 Å². The van der Waals surface area contributed by atoms with Gasteiger partial charge in [-0.3, -0.25) is 14.3 Å². The summed E-state index contributed by atoms with van der Waals surface area (Å²) < 4.78 is 47.2. The highest BCUT2D eigenvalue weighted by Gasteiger charge is 2.38. The average Bonchev–Trinajstić information content (AvgIpc) is 3.64. The Kier molecular flexibility index (Phi) is 7.14. The van der Waals surface area contributed by atoms with E-state index in [0.717, 1.165) is 30.0 Å². The topological polar surface area (TPSA) is 67.7 Å². The summed E-state index contributed by atoms with van der Waals surface area (Å²) in [5.74, 6) is 0.0197. The molecule has 2 bridgehead atoms. The van der Waals surface area contributed by atoms with E-state index in [-0.39, 0.29) is 37.4 Å². The van der Waals surface area contributed by atoms with Crippen LogP contribution in [0, 0.1) is 0 Å². The molecular weight excluding hydrogens is 497 g/mol. The molecule has 0 radical (unpaired) electrons. The Morgan fingerprint density at radius 1 is 1.05 bits per heavy atom. The van der Waals surface area contributed by atoms with Crippen LogP contribution in [0.3, 0.4) is 0 Å². The quantitative estimate of drug-likeness (QED) is 0.489. The van der Waals surface area contributed by atoms with Crippen LogP contribution in [0.5, 0.6) is 5.75 Å². The Balaban J connectivity index is 1.40. The lowest BCUT2D eigenvalue weighted by Crippen LogP contribution is -2.35. The molecule has 0 atom stereocenters. The van der Waals surface area contributed by atoms with Crippen molar-refractivity contribution in [1.29, 1.82) is 0 Å². The van der Waals surface area contributed by atoms with Crippen LogP contribution >= 0.6 is 0 Å². The first-order chi connectivity index (χ1) is 18.2. The van der Waals surface area contributed by atoms with E-state index in [2.05, 4.69) is 5.10 Å². The summed E-state index contributed by atoms with van der Waals surface area (Å²) in [4.78, 5) is 29.8. The molecule has 3 aromatic rings. The number of carbonyl (C=O) groups excluding carboxylic acids is 2. The maximum Gasteiger partial charge on any atom is 0.435 e. The van der Waals surface area contributed by atoms with Crippen molar-refractivity contribution in [3.63, 3.8) is 0 Å². The summed E-state index contributed by atoms with van der Waals surface area (Å²) in [6, 6.07) is 15.8. The molecule has 0 spiro atoms. The SMILES string of the molecule is CN1Cc2cccc(c2)CN(C(=O)Cn2nc(C(F)(F)F)cc2C2CC2)CCCOc2ccccc2C1=O. The molecule has 2 heterocycles. The van der Waals surface area contributed by atoms with E-state index in [1.165, 1.54) is 4.68 Å². The Morgan fingerprint density at radius 3 is 2.53 bits per heavy atom. The van der Waals surface area contributed by atoms with Gasteiger partial charge in [0.05, 0.1) is 12.2 Å². The number of nitrogens with zero attached hydrogens (tertiary/aromatic N) is 4. The normalized spacial score (nSPS) is 17.0. The zero-order chi connectivity index (χ0) is 26.9. The predicted molar refractivity (Wildman–Crippen MR) is 133 cm³/mol. The fourth-order valence-corrected chi connectivity index (χ4v) is 4.73. The van der Waals surface area contributed by atoms with Gasteiger partial charge < -0.3 is 14.5 Å². The Bertz CT molecular complexity index is 1330. The van der Waals surface area contributed by atoms with Crippen LogP contribution in [0.15, 0.2) is 54.6 Å². The van der Waals surface area contributed by atoms with Gasteiger partial charge in [-0.2, -0.15) is 18.3 Å². The maximum absolute atomic E-state index is 13.4. The molecule has 0 saturated heterocycles. The molecule has 38 heavy (non-hydrogen) atoms. The van der Waals surface area contributed by atoms with Crippen LogP contribution in [0.1, 0.15) is 58.1 Å². The van der Waals surface area contributed by atoms with Crippen molar-refractivity contribution in [1.82, 2.24) is 19.6 Å². The number of amides is 2. The Morgan fingerprint density at radius 2 is 1.79 bits per heavy atom. The lowest BCUT2D eigenvalue weighted by atomic mass is 10.1. The first-order valence-corrected chi connectivity index (χ1v) is 12.7. The molecule has 2 aromatic carbocycles. The largest absolute Gasteiger partial charge is 0.493 e. The molecule has 2 aliphatic rings. The molecule has 1 saturated carbocycles. The van der Waals surface area contributed by atoms with Crippen LogP contribution in [0.2, 0.25) is 0 Å². The van der Waals surface area contributed by atoms with Crippen LogP contribution < -0.4 is 4.74 Å². The Hall–Kier alpha value is -3.82. The van der Waals surface area contributed by atoms with Gasteiger partial charge in [-0.15, -0.1) is 0 Å². The van der Waals surface area contributed by atoms with Crippen LogP contribution in [-0.2, 0) is 30.6 Å². The van der Waals surface area contributed by atoms with Crippen molar-refractivity contribution < 1.29 is 27.5 Å². The Labute approximate surface area is 218 Å². The van der Waals surface area contributed by atoms with Crippen molar-refractivity contribution >= 4 is 11.8 Å². The van der Waals surface area contributed by atoms with Crippen molar-refractivity contribution in [2.45, 2.75) is 51.0 Å². The second kappa shape index (κ2) is 10.5. The second-order valence-electron chi connectivity index (χ2n) is 9.88. The molecule has 200 valence electrons. The van der Waals surface area contributed by atoms with Gasteiger partial charge in [0.15, 0.2) is 5.69 Å². The number of hydrogen-bond donors (Lipinski definition) is 0. The van der Waals surface area contributed by atoms with Gasteiger partial charge in [-0.25, -0.2) is 0 Å². The molecule has 1 aromatic heterocycles. The van der Waals surface area contributed by atoms with Gasteiger partial charge in [0.25, 0.3) is 5.91 Å². The zero-order valence-electron chi connectivity index (χ0n) is 21.1. The van der Waals surface area contributed by atoms with Gasteiger partial charge in [-0.1, -0.05) is 36.4 Å². The number of ether oxygens (including phenoxy) is 1. The summed E-state index contributed by atoms with van der Waals surface area (Å²) in [7, 11) is 1.73. The lowest BCUT2D eigenvalue weighted by molar-refractivity contribution is -0.142. The molecule has 7 nitrogen and oxygen atoms in total. The van der Waals surface area contributed by atoms with E-state index in [0.29, 0.717) is 36.5 Å². The second-order valence-corrected chi connectivity index (χ2v) is 9.88. The standard InChI is InChI=1S/C28H29F3N4O3/c1-33-16-19-6-4-7-20(14-19)17-34(12-5-13-38-24-9-3-2-8-22(24)27(33)37)26(36)18-35-23(21-10-11-21)15-25(32-35)28(29,30)31/h2-4,6-9,14-15,21H,5,10-13,16-18H2,1H3. The van der Waals surface area contributed by atoms with Gasteiger partial charge in [0.2, 0.25) is 5.91 Å². The summed E-state index contributed by atoms with van der Waals surface area (Å²) in [5.41, 5.74) is 1.73. The van der Waals surface area contributed by atoms with E-state index < -0.39 is 11.9 Å². The van der Waals surface area contributed by atoms with Gasteiger partial charge in [0, 0.05) is 38.3 Å². The average molecular weight is 527 g/mol. The highest BCUT2D eigenvalue weighted by molar-refractivity contribution is 5.96. The molecule has 5 rings (SSSR count). The molecular formula is C28H29F3N4O3. The maximum atomic E-state index is 13.4. The van der Waals surface area contributed by atoms with E-state index in [4.69, 9.17) is 4.74 Å². The third kappa shape index (κ3) is 5.84. The third-order valence-electron chi connectivity index (χ3n) is 6.81. The summed E-state index contributed by atoms with van der Waals surface area (Å²) in [6.07, 6.45) is -2.50. The number of carbonyl (C=O) groups is 2. The summed E-state index contributed by atoms with van der Waals surface area (Å²) in [6.45, 7) is 0.999. The molecule has 1 fully saturated rings. The third-order valence-corrected chi connectivity index (χ3v) is 6.81. The summed E-state index contributed by atoms with van der Waals surface area (Å²) >= 11 is 0. The molecule has 0 N–H and O–H groups in total. The number of hydrogen-bond acceptors (Lipinski definition) is 4. The minimum absolute atomic E-state index is 0.00948. The molecule has 2 amide bonds. The number of fused-ring (bicyclic) bond motifs is 3. The van der Waals surface area contributed by atoms with E-state index in [1.54, 1.807) is 41.1 Å². The number of benzene rings is 2. The van der Waals surface area contributed by atoms with Crippen molar-refractivity contribution in [3.8, 4) is 5.75 Å². The van der Waals surface area contributed by atoms with Crippen LogP contribution in [-0.4, -0.2) is 51.6 Å². The van der Waals surface area contributed by atoms with Crippen molar-refractivity contribution in [2.75, 3.05) is 20.2 Å². The minimum atomic E-state index is -4.56. The smallest absolute Gasteiger partial charge is 0.435 e. The fourth-order valence-electron chi connectivity index (χ4n) is 4.73. The van der Waals surface area contributed by atoms with Gasteiger partial charge in [0.1, 0.15) is 12.3 Å². The first-order valence-electron chi connectivity index (χ1n) is 12.7. The molecule has 1 aliphatic carbocycles. The highest BCUT2D eigenvalue weighted by Crippen LogP contribution is 2.42. The van der Waals surface area contributed by atoms with Crippen molar-refractivity contribution in [2.24, 2.45) is 0 Å². The summed E-state index contributed by atoms with van der Waals surface area (Å²) in [5, 5.41) is 3.75. The lowest BCUT2D eigenvalue weighted by Gasteiger charge is -2.25. The van der Waals surface area contributed by atoms with E-state index in [9.17, 15) is 22.8 Å². The van der Waals surface area contributed by atoms with Gasteiger partial charge >= 0.3 is 6.18 Å². The number of alkyl halides is 3. The van der Waals surface area contributed by atoms with Gasteiger partial charge in [-0.05, 0) is 48.6 Å². The fraction of sp³-hybridized carbons (Fsp3) is 0.393. The number of halogens is 3.